The maximum atomic E-state index is 12.1. The average molecular weight is 309 g/mol. The van der Waals surface area contributed by atoms with Gasteiger partial charge in [0.05, 0.1) is 25.5 Å². The van der Waals surface area contributed by atoms with Crippen LogP contribution in [0.3, 0.4) is 0 Å². The van der Waals surface area contributed by atoms with Gasteiger partial charge < -0.3 is 14.8 Å². The number of nitrogens with zero attached hydrogens (tertiary/aromatic N) is 1. The fourth-order valence-electron chi connectivity index (χ4n) is 1.84. The van der Waals surface area contributed by atoms with E-state index in [1.165, 1.54) is 6.20 Å². The van der Waals surface area contributed by atoms with E-state index in [9.17, 15) is 4.79 Å². The number of pyridine rings is 1. The van der Waals surface area contributed by atoms with Crippen molar-refractivity contribution in [1.82, 2.24) is 4.98 Å². The molecule has 0 spiro atoms. The molecule has 0 aliphatic heterocycles. The lowest BCUT2D eigenvalue weighted by molar-refractivity contribution is 0.102. The first-order valence-corrected chi connectivity index (χ1v) is 6.09. The van der Waals surface area contributed by atoms with Crippen molar-refractivity contribution in [2.75, 3.05) is 19.5 Å². The van der Waals surface area contributed by atoms with Gasteiger partial charge in [0.1, 0.15) is 11.5 Å². The predicted octanol–water partition coefficient (Wildman–Crippen LogP) is 3.08. The summed E-state index contributed by atoms with van der Waals surface area (Å²) in [6.07, 6.45) is 3.12. The van der Waals surface area contributed by atoms with Gasteiger partial charge in [-0.25, -0.2) is 0 Å². The number of benzene rings is 1. The number of carbonyl (C=O) groups excluding carboxylic acids is 1. The van der Waals surface area contributed by atoms with Crippen molar-refractivity contribution in [3.8, 4) is 11.5 Å². The highest BCUT2D eigenvalue weighted by molar-refractivity contribution is 6.05. The van der Waals surface area contributed by atoms with Crippen molar-refractivity contribution in [1.29, 1.82) is 0 Å². The molecule has 0 bridgehead atoms. The Kier molecular flexibility index (Phi) is 5.99. The van der Waals surface area contributed by atoms with Crippen LogP contribution in [0.5, 0.6) is 11.5 Å². The summed E-state index contributed by atoms with van der Waals surface area (Å²) in [6.45, 7) is 1.91. The molecular weight excluding hydrogens is 292 g/mol. The summed E-state index contributed by atoms with van der Waals surface area (Å²) in [7, 11) is 3.14. The Labute approximate surface area is 129 Å². The standard InChI is InChI=1S/C15H16N2O3.ClH/c1-10-7-14(20-3)12(8-13(10)19-2)17-15(18)11-5-4-6-16-9-11;/h4-9H,1-3H3,(H,17,18);1H. The van der Waals surface area contributed by atoms with E-state index < -0.39 is 0 Å². The minimum Gasteiger partial charge on any atom is -0.496 e. The molecule has 6 heteroatoms. The predicted molar refractivity (Wildman–Crippen MR) is 83.7 cm³/mol. The lowest BCUT2D eigenvalue weighted by atomic mass is 10.1. The number of rotatable bonds is 4. The Morgan fingerprint density at radius 2 is 1.90 bits per heavy atom. The van der Waals surface area contributed by atoms with Crippen LogP contribution in [-0.4, -0.2) is 25.1 Å². The molecule has 1 aromatic carbocycles. The summed E-state index contributed by atoms with van der Waals surface area (Å²) < 4.78 is 10.5. The third-order valence-corrected chi connectivity index (χ3v) is 2.89. The summed E-state index contributed by atoms with van der Waals surface area (Å²) in [6, 6.07) is 6.96. The number of methoxy groups -OCH3 is 2. The molecule has 0 atom stereocenters. The molecule has 0 radical (unpaired) electrons. The van der Waals surface area contributed by atoms with Gasteiger partial charge in [-0.1, -0.05) is 0 Å². The van der Waals surface area contributed by atoms with Crippen LogP contribution < -0.4 is 14.8 Å². The van der Waals surface area contributed by atoms with Crippen LogP contribution in [0.15, 0.2) is 36.7 Å². The molecule has 0 aliphatic rings. The largest absolute Gasteiger partial charge is 0.496 e. The number of aryl methyl sites for hydroxylation is 1. The van der Waals surface area contributed by atoms with Gasteiger partial charge in [-0.15, -0.1) is 12.4 Å². The van der Waals surface area contributed by atoms with Crippen LogP contribution >= 0.6 is 12.4 Å². The molecule has 0 fully saturated rings. The van der Waals surface area contributed by atoms with Crippen LogP contribution in [0.4, 0.5) is 5.69 Å². The summed E-state index contributed by atoms with van der Waals surface area (Å²) in [5.74, 6) is 1.02. The van der Waals surface area contributed by atoms with Crippen LogP contribution in [0.25, 0.3) is 0 Å². The number of hydrogen-bond donors (Lipinski definition) is 1. The molecule has 0 saturated heterocycles. The zero-order valence-corrected chi connectivity index (χ0v) is 12.9. The first kappa shape index (κ1) is 16.8. The molecule has 0 unspecified atom stereocenters. The number of halogens is 1. The Morgan fingerprint density at radius 3 is 2.48 bits per heavy atom. The lowest BCUT2D eigenvalue weighted by Crippen LogP contribution is -2.13. The maximum absolute atomic E-state index is 12.1. The fraction of sp³-hybridized carbons (Fsp3) is 0.200. The van der Waals surface area contributed by atoms with E-state index in [-0.39, 0.29) is 18.3 Å². The number of hydrogen-bond acceptors (Lipinski definition) is 4. The molecule has 2 aromatic rings. The van der Waals surface area contributed by atoms with Gasteiger partial charge in [0.25, 0.3) is 5.91 Å². The lowest BCUT2D eigenvalue weighted by Gasteiger charge is -2.13. The quantitative estimate of drug-likeness (QED) is 0.943. The van der Waals surface area contributed by atoms with Crippen molar-refractivity contribution >= 4 is 24.0 Å². The van der Waals surface area contributed by atoms with Gasteiger partial charge in [-0.2, -0.15) is 0 Å². The van der Waals surface area contributed by atoms with Crippen molar-refractivity contribution in [3.05, 3.63) is 47.8 Å². The first-order chi connectivity index (χ1) is 9.65. The molecule has 1 heterocycles. The van der Waals surface area contributed by atoms with Crippen molar-refractivity contribution in [2.45, 2.75) is 6.92 Å². The second kappa shape index (κ2) is 7.50. The summed E-state index contributed by atoms with van der Waals surface area (Å²) in [4.78, 5) is 16.0. The summed E-state index contributed by atoms with van der Waals surface area (Å²) in [5, 5.41) is 2.80. The molecule has 21 heavy (non-hydrogen) atoms. The third kappa shape index (κ3) is 3.86. The smallest absolute Gasteiger partial charge is 0.257 e. The maximum Gasteiger partial charge on any atom is 0.257 e. The van der Waals surface area contributed by atoms with Crippen molar-refractivity contribution < 1.29 is 14.3 Å². The molecule has 1 aromatic heterocycles. The van der Waals surface area contributed by atoms with E-state index in [1.807, 2.05) is 13.0 Å². The van der Waals surface area contributed by atoms with Crippen molar-refractivity contribution in [2.24, 2.45) is 0 Å². The SMILES string of the molecule is COc1cc(NC(=O)c2cccnc2)c(OC)cc1C.Cl. The van der Waals surface area contributed by atoms with Crippen LogP contribution in [0, 0.1) is 6.92 Å². The van der Waals surface area contributed by atoms with Crippen LogP contribution in [0.2, 0.25) is 0 Å². The molecule has 1 N–H and O–H groups in total. The highest BCUT2D eigenvalue weighted by Gasteiger charge is 2.12. The zero-order valence-electron chi connectivity index (χ0n) is 12.0. The van der Waals surface area contributed by atoms with E-state index in [1.54, 1.807) is 38.6 Å². The van der Waals surface area contributed by atoms with Crippen molar-refractivity contribution in [3.63, 3.8) is 0 Å². The van der Waals surface area contributed by atoms with E-state index in [4.69, 9.17) is 9.47 Å². The minimum absolute atomic E-state index is 0. The van der Waals surface area contributed by atoms with Gasteiger partial charge in [0.15, 0.2) is 0 Å². The van der Waals surface area contributed by atoms with Crippen LogP contribution in [0.1, 0.15) is 15.9 Å². The van der Waals surface area contributed by atoms with Gasteiger partial charge in [0, 0.05) is 18.5 Å². The van der Waals surface area contributed by atoms with Gasteiger partial charge in [-0.3, -0.25) is 9.78 Å². The first-order valence-electron chi connectivity index (χ1n) is 6.09. The topological polar surface area (TPSA) is 60.5 Å². The number of ether oxygens (including phenoxy) is 2. The summed E-state index contributed by atoms with van der Waals surface area (Å²) >= 11 is 0. The van der Waals surface area contributed by atoms with E-state index in [0.29, 0.717) is 22.7 Å². The van der Waals surface area contributed by atoms with Gasteiger partial charge in [0.2, 0.25) is 0 Å². The van der Waals surface area contributed by atoms with E-state index in [0.717, 1.165) is 5.56 Å². The molecule has 5 nitrogen and oxygen atoms in total. The molecule has 1 amide bonds. The number of anilines is 1. The Balaban J connectivity index is 0.00000220. The van der Waals surface area contributed by atoms with Gasteiger partial charge in [-0.05, 0) is 30.7 Å². The van der Waals surface area contributed by atoms with E-state index in [2.05, 4.69) is 10.3 Å². The number of amides is 1. The van der Waals surface area contributed by atoms with Gasteiger partial charge >= 0.3 is 0 Å². The minimum atomic E-state index is -0.248. The molecule has 112 valence electrons. The number of carbonyl (C=O) groups is 1. The summed E-state index contributed by atoms with van der Waals surface area (Å²) in [5.41, 5.74) is 1.97. The molecule has 2 rings (SSSR count). The molecular formula is C15H17ClN2O3. The normalized spacial score (nSPS) is 9.48. The highest BCUT2D eigenvalue weighted by Crippen LogP contribution is 2.32. The second-order valence-electron chi connectivity index (χ2n) is 4.22. The zero-order chi connectivity index (χ0) is 14.5. The van der Waals surface area contributed by atoms with E-state index >= 15 is 0 Å². The Bertz CT molecular complexity index is 618. The monoisotopic (exact) mass is 308 g/mol. The number of aromatic nitrogens is 1. The third-order valence-electron chi connectivity index (χ3n) is 2.89. The molecule has 0 aliphatic carbocycles. The Hall–Kier alpha value is -2.27. The fourth-order valence-corrected chi connectivity index (χ4v) is 1.84. The number of nitrogens with one attached hydrogen (secondary N) is 1. The second-order valence-corrected chi connectivity index (χ2v) is 4.22. The van der Waals surface area contributed by atoms with Crippen LogP contribution in [-0.2, 0) is 0 Å². The Morgan fingerprint density at radius 1 is 1.19 bits per heavy atom. The average Bonchev–Trinajstić information content (AvgIpc) is 2.49. The molecule has 0 saturated carbocycles. The highest BCUT2D eigenvalue weighted by atomic mass is 35.5.